The quantitative estimate of drug-likeness (QED) is 0.771. The fourth-order valence-electron chi connectivity index (χ4n) is 2.55. The van der Waals surface area contributed by atoms with Crippen molar-refractivity contribution in [1.29, 1.82) is 0 Å². The Balaban J connectivity index is 1.82. The second-order valence-corrected chi connectivity index (χ2v) is 7.49. The van der Waals surface area contributed by atoms with Crippen LogP contribution in [0.5, 0.6) is 0 Å². The summed E-state index contributed by atoms with van der Waals surface area (Å²) in [6.07, 6.45) is 1.97. The Morgan fingerprint density at radius 1 is 1.36 bits per heavy atom. The predicted octanol–water partition coefficient (Wildman–Crippen LogP) is 1.26. The largest absolute Gasteiger partial charge is 0.393 e. The first kappa shape index (κ1) is 17.3. The summed E-state index contributed by atoms with van der Waals surface area (Å²) in [5.74, 6) is -0.733. The van der Waals surface area contributed by atoms with Gasteiger partial charge in [-0.05, 0) is 50.4 Å². The normalized spacial score (nSPS) is 17.8. The van der Waals surface area contributed by atoms with Crippen LogP contribution in [0.15, 0.2) is 23.1 Å². The Bertz CT molecular complexity index is 599. The van der Waals surface area contributed by atoms with E-state index in [0.717, 1.165) is 32.5 Å². The molecule has 1 aliphatic rings. The van der Waals surface area contributed by atoms with Gasteiger partial charge in [0.25, 0.3) is 0 Å². The third-order valence-electron chi connectivity index (χ3n) is 3.88. The van der Waals surface area contributed by atoms with E-state index in [0.29, 0.717) is 12.0 Å². The lowest BCUT2D eigenvalue weighted by Crippen LogP contribution is -2.37. The molecule has 0 radical (unpaired) electrons. The van der Waals surface area contributed by atoms with Gasteiger partial charge in [-0.1, -0.05) is 6.07 Å². The summed E-state index contributed by atoms with van der Waals surface area (Å²) in [7, 11) is -3.81. The summed E-state index contributed by atoms with van der Waals surface area (Å²) in [6.45, 7) is 4.43. The molecule has 0 atom stereocenters. The first-order valence-electron chi connectivity index (χ1n) is 7.55. The third-order valence-corrected chi connectivity index (χ3v) is 5.35. The SMILES string of the molecule is Cc1ccc(F)c(S(=O)(=O)NCCCN2CCC(O)CC2)c1. The number of benzene rings is 1. The van der Waals surface area contributed by atoms with Crippen molar-refractivity contribution < 1.29 is 17.9 Å². The van der Waals surface area contributed by atoms with Crippen molar-refractivity contribution in [3.8, 4) is 0 Å². The first-order chi connectivity index (χ1) is 10.4. The number of hydrogen-bond donors (Lipinski definition) is 2. The van der Waals surface area contributed by atoms with Gasteiger partial charge in [0.15, 0.2) is 0 Å². The first-order valence-corrected chi connectivity index (χ1v) is 9.03. The second-order valence-electron chi connectivity index (χ2n) is 5.76. The molecule has 1 aromatic carbocycles. The van der Waals surface area contributed by atoms with Gasteiger partial charge in [0.05, 0.1) is 6.10 Å². The van der Waals surface area contributed by atoms with Crippen LogP contribution in [0.4, 0.5) is 4.39 Å². The number of aliphatic hydroxyl groups is 1. The van der Waals surface area contributed by atoms with Crippen molar-refractivity contribution in [2.75, 3.05) is 26.2 Å². The van der Waals surface area contributed by atoms with E-state index in [1.807, 2.05) is 0 Å². The van der Waals surface area contributed by atoms with Crippen molar-refractivity contribution in [3.63, 3.8) is 0 Å². The molecule has 1 aromatic rings. The van der Waals surface area contributed by atoms with Gasteiger partial charge in [-0.25, -0.2) is 17.5 Å². The highest BCUT2D eigenvalue weighted by atomic mass is 32.2. The molecule has 0 aromatic heterocycles. The molecule has 0 amide bonds. The van der Waals surface area contributed by atoms with E-state index < -0.39 is 15.8 Å². The van der Waals surface area contributed by atoms with Crippen LogP contribution in [0.3, 0.4) is 0 Å². The number of likely N-dealkylation sites (tertiary alicyclic amines) is 1. The zero-order chi connectivity index (χ0) is 16.2. The van der Waals surface area contributed by atoms with Crippen LogP contribution in [0.2, 0.25) is 0 Å². The van der Waals surface area contributed by atoms with E-state index in [2.05, 4.69) is 9.62 Å². The highest BCUT2D eigenvalue weighted by molar-refractivity contribution is 7.89. The van der Waals surface area contributed by atoms with E-state index in [-0.39, 0.29) is 17.5 Å². The lowest BCUT2D eigenvalue weighted by atomic mass is 10.1. The van der Waals surface area contributed by atoms with Gasteiger partial charge >= 0.3 is 0 Å². The summed E-state index contributed by atoms with van der Waals surface area (Å²) >= 11 is 0. The summed E-state index contributed by atoms with van der Waals surface area (Å²) in [5, 5.41) is 9.43. The average molecular weight is 330 g/mol. The van der Waals surface area contributed by atoms with Crippen LogP contribution < -0.4 is 4.72 Å². The number of nitrogens with zero attached hydrogens (tertiary/aromatic N) is 1. The average Bonchev–Trinajstić information content (AvgIpc) is 2.48. The topological polar surface area (TPSA) is 69.6 Å². The molecule has 2 rings (SSSR count). The van der Waals surface area contributed by atoms with Crippen molar-refractivity contribution in [2.45, 2.75) is 37.2 Å². The van der Waals surface area contributed by atoms with Gasteiger partial charge in [0, 0.05) is 19.6 Å². The maximum absolute atomic E-state index is 13.7. The maximum atomic E-state index is 13.7. The minimum atomic E-state index is -3.81. The third kappa shape index (κ3) is 4.74. The van der Waals surface area contributed by atoms with E-state index >= 15 is 0 Å². The smallest absolute Gasteiger partial charge is 0.243 e. The molecule has 124 valence electrons. The van der Waals surface area contributed by atoms with Gasteiger partial charge in [-0.2, -0.15) is 0 Å². The fourth-order valence-corrected chi connectivity index (χ4v) is 3.78. The standard InChI is InChI=1S/C15H23FN2O3S/c1-12-3-4-14(16)15(11-12)22(20,21)17-7-2-8-18-9-5-13(19)6-10-18/h3-4,11,13,17,19H,2,5-10H2,1H3. The Morgan fingerprint density at radius 3 is 2.73 bits per heavy atom. The summed E-state index contributed by atoms with van der Waals surface area (Å²) in [4.78, 5) is 1.91. The lowest BCUT2D eigenvalue weighted by molar-refractivity contribution is 0.0823. The molecule has 22 heavy (non-hydrogen) atoms. The number of aliphatic hydroxyl groups excluding tert-OH is 1. The van der Waals surface area contributed by atoms with Crippen LogP contribution >= 0.6 is 0 Å². The zero-order valence-corrected chi connectivity index (χ0v) is 13.6. The van der Waals surface area contributed by atoms with Crippen LogP contribution in [-0.4, -0.2) is 50.7 Å². The van der Waals surface area contributed by atoms with E-state index in [1.54, 1.807) is 13.0 Å². The van der Waals surface area contributed by atoms with Crippen LogP contribution in [0.25, 0.3) is 0 Å². The highest BCUT2D eigenvalue weighted by Gasteiger charge is 2.19. The Kier molecular flexibility index (Phi) is 5.91. The number of piperidine rings is 1. The van der Waals surface area contributed by atoms with E-state index in [9.17, 15) is 17.9 Å². The van der Waals surface area contributed by atoms with Crippen LogP contribution in [0, 0.1) is 12.7 Å². The number of hydrogen-bond acceptors (Lipinski definition) is 4. The Labute approximate surface area is 131 Å². The summed E-state index contributed by atoms with van der Waals surface area (Å²) < 4.78 is 40.3. The zero-order valence-electron chi connectivity index (χ0n) is 12.8. The molecule has 1 aliphatic heterocycles. The molecule has 1 saturated heterocycles. The van der Waals surface area contributed by atoms with Gasteiger partial charge in [-0.15, -0.1) is 0 Å². The molecule has 1 fully saturated rings. The van der Waals surface area contributed by atoms with Crippen molar-refractivity contribution in [3.05, 3.63) is 29.6 Å². The number of nitrogens with one attached hydrogen (secondary N) is 1. The molecule has 2 N–H and O–H groups in total. The van der Waals surface area contributed by atoms with Gasteiger partial charge in [0.2, 0.25) is 10.0 Å². The summed E-state index contributed by atoms with van der Waals surface area (Å²) in [6, 6.07) is 4.05. The van der Waals surface area contributed by atoms with Crippen LogP contribution in [0.1, 0.15) is 24.8 Å². The molecular formula is C15H23FN2O3S. The lowest BCUT2D eigenvalue weighted by Gasteiger charge is -2.29. The molecule has 0 bridgehead atoms. The minimum Gasteiger partial charge on any atom is -0.393 e. The molecule has 7 heteroatoms. The molecule has 0 unspecified atom stereocenters. The maximum Gasteiger partial charge on any atom is 0.243 e. The highest BCUT2D eigenvalue weighted by Crippen LogP contribution is 2.16. The monoisotopic (exact) mass is 330 g/mol. The number of rotatable bonds is 6. The Morgan fingerprint density at radius 2 is 2.05 bits per heavy atom. The van der Waals surface area contributed by atoms with Crippen molar-refractivity contribution in [1.82, 2.24) is 9.62 Å². The van der Waals surface area contributed by atoms with Crippen LogP contribution in [-0.2, 0) is 10.0 Å². The van der Waals surface area contributed by atoms with E-state index in [4.69, 9.17) is 0 Å². The van der Waals surface area contributed by atoms with Gasteiger partial charge < -0.3 is 10.0 Å². The molecular weight excluding hydrogens is 307 g/mol. The van der Waals surface area contributed by atoms with E-state index in [1.165, 1.54) is 12.1 Å². The summed E-state index contributed by atoms with van der Waals surface area (Å²) in [5.41, 5.74) is 0.702. The number of sulfonamides is 1. The van der Waals surface area contributed by atoms with Crippen molar-refractivity contribution >= 4 is 10.0 Å². The fraction of sp³-hybridized carbons (Fsp3) is 0.600. The second kappa shape index (κ2) is 7.50. The van der Waals surface area contributed by atoms with Crippen molar-refractivity contribution in [2.24, 2.45) is 0 Å². The van der Waals surface area contributed by atoms with Gasteiger partial charge in [0.1, 0.15) is 10.7 Å². The number of halogens is 1. The number of aryl methyl sites for hydroxylation is 1. The molecule has 5 nitrogen and oxygen atoms in total. The van der Waals surface area contributed by atoms with Gasteiger partial charge in [-0.3, -0.25) is 0 Å². The Hall–Kier alpha value is -1.02. The molecule has 0 spiro atoms. The molecule has 0 saturated carbocycles. The molecule has 0 aliphatic carbocycles. The molecule has 1 heterocycles. The predicted molar refractivity (Wildman–Crippen MR) is 82.6 cm³/mol. The minimum absolute atomic E-state index is 0.209.